The first-order valence-electron chi connectivity index (χ1n) is 4.75. The summed E-state index contributed by atoms with van der Waals surface area (Å²) in [5.41, 5.74) is 0. The Morgan fingerprint density at radius 2 is 2.18 bits per heavy atom. The lowest BCUT2D eigenvalue weighted by Crippen LogP contribution is -3.02. The molecule has 2 N–H and O–H groups in total. The highest BCUT2D eigenvalue weighted by Crippen LogP contribution is 1.96. The molecule has 2 unspecified atom stereocenters. The van der Waals surface area contributed by atoms with Crippen molar-refractivity contribution in [2.24, 2.45) is 20.8 Å². The number of nitrogens with one attached hydrogen (secondary N) is 2. The van der Waals surface area contributed by atoms with Crippen LogP contribution < -0.4 is 5.01 Å². The normalized spacial score (nSPS) is 14.7. The molecule has 0 amide bonds. The third-order valence-electron chi connectivity index (χ3n) is 1.32. The topological polar surface area (TPSA) is 105 Å². The van der Waals surface area contributed by atoms with Gasteiger partial charge in [0.2, 0.25) is 0 Å². The largest absolute Gasteiger partial charge is 0.468 e. The Balaban J connectivity index is 3.87. The zero-order valence-corrected chi connectivity index (χ0v) is 9.79. The van der Waals surface area contributed by atoms with E-state index in [0.717, 1.165) is 0 Å². The third kappa shape index (κ3) is 10.5. The minimum atomic E-state index is -0.491. The molecule has 0 fully saturated rings. The summed E-state index contributed by atoms with van der Waals surface area (Å²) in [4.78, 5) is 9.68. The van der Waals surface area contributed by atoms with Crippen LogP contribution in [0.15, 0.2) is 20.8 Å². The summed E-state index contributed by atoms with van der Waals surface area (Å²) in [7, 11) is 3.11. The highest BCUT2D eigenvalue weighted by atomic mass is 16.7. The number of ether oxygens (including phenoxy) is 1. The molecule has 0 saturated heterocycles. The molecule has 0 aliphatic heterocycles. The van der Waals surface area contributed by atoms with E-state index in [0.29, 0.717) is 5.01 Å². The molecule has 0 aromatic carbocycles. The Kier molecular flexibility index (Phi) is 9.64. The van der Waals surface area contributed by atoms with Crippen molar-refractivity contribution in [1.29, 1.82) is 0 Å². The number of nitrogens with zero attached hydrogens (tertiary/aromatic N) is 4. The first-order chi connectivity index (χ1) is 8.20. The smallest absolute Gasteiger partial charge is 0.189 e. The predicted molar refractivity (Wildman–Crippen MR) is 57.3 cm³/mol. The maximum absolute atomic E-state index is 7.17. The second-order valence-electron chi connectivity index (χ2n) is 2.91. The fourth-order valence-electron chi connectivity index (χ4n) is 0.735. The predicted octanol–water partition coefficient (Wildman–Crippen LogP) is -0.201. The standard InChI is InChI=1S/C8H16N6O3/c1-4-11-13-16-6-8(17-12-10-2)5-15-7-14(3)9/h1,8-9,14H,5-7H2,2-3H3. The van der Waals surface area contributed by atoms with Gasteiger partial charge in [0.25, 0.3) is 0 Å². The Hall–Kier alpha value is -1.76. The van der Waals surface area contributed by atoms with E-state index in [1.807, 2.05) is 6.04 Å². The van der Waals surface area contributed by atoms with Crippen molar-refractivity contribution in [3.63, 3.8) is 0 Å². The first kappa shape index (κ1) is 15.2. The van der Waals surface area contributed by atoms with E-state index < -0.39 is 6.10 Å². The second-order valence-corrected chi connectivity index (χ2v) is 2.91. The van der Waals surface area contributed by atoms with Crippen LogP contribution in [0.4, 0.5) is 0 Å². The lowest BCUT2D eigenvalue weighted by Gasteiger charge is -2.17. The van der Waals surface area contributed by atoms with E-state index in [1.165, 1.54) is 7.05 Å². The van der Waals surface area contributed by atoms with E-state index >= 15 is 0 Å². The van der Waals surface area contributed by atoms with E-state index in [2.05, 4.69) is 20.8 Å². The van der Waals surface area contributed by atoms with Gasteiger partial charge in [-0.15, -0.1) is 0 Å². The van der Waals surface area contributed by atoms with E-state index in [-0.39, 0.29) is 19.9 Å². The van der Waals surface area contributed by atoms with Gasteiger partial charge in [0.1, 0.15) is 0 Å². The minimum Gasteiger partial charge on any atom is -0.468 e. The fraction of sp³-hybridized carbons (Fsp3) is 0.750. The summed E-state index contributed by atoms with van der Waals surface area (Å²) in [6.45, 7) is 0.483. The van der Waals surface area contributed by atoms with Gasteiger partial charge in [-0.1, -0.05) is 11.5 Å². The molecule has 2 atom stereocenters. The Labute approximate surface area is 99.5 Å². The molecule has 9 nitrogen and oxygen atoms in total. The van der Waals surface area contributed by atoms with Crippen molar-refractivity contribution in [3.8, 4) is 12.5 Å². The molecule has 96 valence electrons. The zero-order valence-electron chi connectivity index (χ0n) is 9.79. The van der Waals surface area contributed by atoms with Crippen molar-refractivity contribution in [3.05, 3.63) is 5.84 Å². The average Bonchev–Trinajstić information content (AvgIpc) is 2.30. The lowest BCUT2D eigenvalue weighted by molar-refractivity contribution is -0.849. The van der Waals surface area contributed by atoms with Gasteiger partial charge in [-0.2, -0.15) is 5.11 Å². The van der Waals surface area contributed by atoms with Crippen LogP contribution in [-0.2, 0) is 14.4 Å². The molecule has 0 bridgehead atoms. The zero-order chi connectivity index (χ0) is 12.9. The second kappa shape index (κ2) is 10.7. The van der Waals surface area contributed by atoms with Gasteiger partial charge < -0.3 is 25.3 Å². The molecule has 9 heteroatoms. The summed E-state index contributed by atoms with van der Waals surface area (Å²) in [6, 6.07) is 1.93. The Morgan fingerprint density at radius 1 is 1.41 bits per heavy atom. The molecule has 0 spiro atoms. The molecule has 0 heterocycles. The Morgan fingerprint density at radius 3 is 2.76 bits per heavy atom. The fourth-order valence-corrected chi connectivity index (χ4v) is 0.735. The molecule has 0 aromatic rings. The van der Waals surface area contributed by atoms with Crippen molar-refractivity contribution in [1.82, 2.24) is 0 Å². The Bertz CT molecular complexity index is 275. The molecule has 0 radical (unpaired) electrons. The quantitative estimate of drug-likeness (QED) is 0.263. The van der Waals surface area contributed by atoms with Crippen LogP contribution in [0.25, 0.3) is 5.84 Å². The number of terminal acetylenes is 1. The summed E-state index contributed by atoms with van der Waals surface area (Å²) in [5, 5.41) is 13.6. The summed E-state index contributed by atoms with van der Waals surface area (Å²) < 4.78 is 5.17. The van der Waals surface area contributed by atoms with Crippen molar-refractivity contribution in [2.45, 2.75) is 6.10 Å². The van der Waals surface area contributed by atoms with E-state index in [1.54, 1.807) is 7.05 Å². The summed E-state index contributed by atoms with van der Waals surface area (Å²) in [6.07, 6.45) is 4.34. The van der Waals surface area contributed by atoms with Crippen LogP contribution in [0.3, 0.4) is 0 Å². The van der Waals surface area contributed by atoms with Crippen LogP contribution >= 0.6 is 0 Å². The van der Waals surface area contributed by atoms with E-state index in [4.69, 9.17) is 26.7 Å². The van der Waals surface area contributed by atoms with E-state index in [9.17, 15) is 0 Å². The van der Waals surface area contributed by atoms with Gasteiger partial charge in [0.15, 0.2) is 19.4 Å². The number of quaternary nitrogens is 1. The molecule has 0 rings (SSSR count). The van der Waals surface area contributed by atoms with Gasteiger partial charge in [-0.25, -0.2) is 0 Å². The summed E-state index contributed by atoms with van der Waals surface area (Å²) >= 11 is 0. The van der Waals surface area contributed by atoms with Crippen LogP contribution in [0.2, 0.25) is 0 Å². The molecule has 0 saturated carbocycles. The SMILES string of the molecule is C#CN=NOCC(COC[NH+](C)[NH-])ON=NC. The van der Waals surface area contributed by atoms with Gasteiger partial charge >= 0.3 is 0 Å². The van der Waals surface area contributed by atoms with Crippen molar-refractivity contribution < 1.29 is 19.4 Å². The molecule has 0 aromatic heterocycles. The van der Waals surface area contributed by atoms with Crippen molar-refractivity contribution >= 4 is 0 Å². The number of hydrogen-bond acceptors (Lipinski definition) is 7. The lowest BCUT2D eigenvalue weighted by atomic mass is 10.4. The highest BCUT2D eigenvalue weighted by Gasteiger charge is 2.12. The minimum absolute atomic E-state index is 0.0707. The van der Waals surface area contributed by atoms with Crippen LogP contribution in [0.5, 0.6) is 0 Å². The van der Waals surface area contributed by atoms with Gasteiger partial charge in [0, 0.05) is 10.6 Å². The maximum atomic E-state index is 7.17. The number of rotatable bonds is 9. The van der Waals surface area contributed by atoms with Crippen LogP contribution in [-0.4, -0.2) is 40.1 Å². The first-order valence-corrected chi connectivity index (χ1v) is 4.75. The molecular formula is C8H16N6O3. The van der Waals surface area contributed by atoms with Crippen LogP contribution in [0, 0.1) is 12.5 Å². The monoisotopic (exact) mass is 244 g/mol. The van der Waals surface area contributed by atoms with Gasteiger partial charge in [-0.05, 0) is 0 Å². The molecule has 0 aliphatic carbocycles. The van der Waals surface area contributed by atoms with Gasteiger partial charge in [-0.3, -0.25) is 0 Å². The third-order valence-corrected chi connectivity index (χ3v) is 1.32. The molecular weight excluding hydrogens is 228 g/mol. The maximum Gasteiger partial charge on any atom is 0.189 e. The van der Waals surface area contributed by atoms with Gasteiger partial charge in [0.05, 0.1) is 26.7 Å². The van der Waals surface area contributed by atoms with Crippen LogP contribution in [0.1, 0.15) is 0 Å². The average molecular weight is 244 g/mol. The van der Waals surface area contributed by atoms with Crippen molar-refractivity contribution in [2.75, 3.05) is 34.0 Å². The summed E-state index contributed by atoms with van der Waals surface area (Å²) in [5.74, 6) is 7.17. The molecule has 0 aliphatic rings. The number of hydrogen-bond donors (Lipinski definition) is 1. The highest BCUT2D eigenvalue weighted by molar-refractivity contribution is 4.76. The molecule has 17 heavy (non-hydrogen) atoms.